The summed E-state index contributed by atoms with van der Waals surface area (Å²) in [7, 11) is 1.80. The predicted molar refractivity (Wildman–Crippen MR) is 147 cm³/mol. The Hall–Kier alpha value is -2.39. The molecule has 6 nitrogen and oxygen atoms in total. The molecule has 1 aromatic heterocycles. The van der Waals surface area contributed by atoms with E-state index in [1.807, 2.05) is 12.5 Å². The van der Waals surface area contributed by atoms with Crippen LogP contribution < -0.4 is 10.6 Å². The molecule has 0 aliphatic rings. The fourth-order valence-electron chi connectivity index (χ4n) is 3.44. The van der Waals surface area contributed by atoms with Crippen molar-refractivity contribution in [2.24, 2.45) is 10.9 Å². The van der Waals surface area contributed by atoms with Crippen LogP contribution in [0.5, 0.6) is 0 Å². The maximum absolute atomic E-state index is 5.64. The van der Waals surface area contributed by atoms with Crippen LogP contribution in [-0.2, 0) is 17.8 Å². The molecular formula is C26H36IN5O. The third-order valence-electron chi connectivity index (χ3n) is 5.09. The summed E-state index contributed by atoms with van der Waals surface area (Å²) in [5.41, 5.74) is 4.93. The lowest BCUT2D eigenvalue weighted by atomic mass is 9.98. The molecule has 0 saturated carbocycles. The van der Waals surface area contributed by atoms with Gasteiger partial charge in [-0.2, -0.15) is 0 Å². The molecule has 0 amide bonds. The van der Waals surface area contributed by atoms with E-state index >= 15 is 0 Å². The summed E-state index contributed by atoms with van der Waals surface area (Å²) in [6.45, 7) is 8.27. The van der Waals surface area contributed by atoms with Gasteiger partial charge in [0.2, 0.25) is 0 Å². The van der Waals surface area contributed by atoms with Crippen LogP contribution in [0.1, 0.15) is 31.4 Å². The van der Waals surface area contributed by atoms with Gasteiger partial charge in [0, 0.05) is 52.3 Å². The van der Waals surface area contributed by atoms with Crippen LogP contribution in [0.2, 0.25) is 0 Å². The van der Waals surface area contributed by atoms with Crippen molar-refractivity contribution in [3.05, 3.63) is 78.4 Å². The fraction of sp³-hybridized carbons (Fsp3) is 0.385. The highest BCUT2D eigenvalue weighted by molar-refractivity contribution is 14.0. The second-order valence-electron chi connectivity index (χ2n) is 8.26. The number of imidazole rings is 1. The Morgan fingerprint density at radius 3 is 2.58 bits per heavy atom. The molecule has 7 heteroatoms. The molecule has 0 bridgehead atoms. The first kappa shape index (κ1) is 26.9. The van der Waals surface area contributed by atoms with E-state index in [0.29, 0.717) is 12.5 Å². The van der Waals surface area contributed by atoms with Gasteiger partial charge in [0.1, 0.15) is 0 Å². The molecule has 33 heavy (non-hydrogen) atoms. The van der Waals surface area contributed by atoms with E-state index in [9.17, 15) is 0 Å². The second kappa shape index (κ2) is 14.7. The molecule has 0 saturated heterocycles. The van der Waals surface area contributed by atoms with E-state index in [-0.39, 0.29) is 24.0 Å². The highest BCUT2D eigenvalue weighted by atomic mass is 127. The summed E-state index contributed by atoms with van der Waals surface area (Å²) in [5.74, 6) is 1.38. The third kappa shape index (κ3) is 9.17. The van der Waals surface area contributed by atoms with Gasteiger partial charge in [-0.05, 0) is 34.6 Å². The summed E-state index contributed by atoms with van der Waals surface area (Å²) in [6.07, 6.45) is 6.58. The topological polar surface area (TPSA) is 63.5 Å². The molecule has 2 aromatic carbocycles. The molecule has 1 heterocycles. The Morgan fingerprint density at radius 1 is 1.09 bits per heavy atom. The Bertz CT molecular complexity index is 955. The molecule has 178 valence electrons. The molecule has 0 aliphatic heterocycles. The molecule has 0 radical (unpaired) electrons. The van der Waals surface area contributed by atoms with Crippen LogP contribution in [0, 0.1) is 5.92 Å². The zero-order valence-electron chi connectivity index (χ0n) is 19.8. The number of hydrogen-bond donors (Lipinski definition) is 2. The number of hydrogen-bond acceptors (Lipinski definition) is 3. The number of ether oxygens (including phenoxy) is 1. The Labute approximate surface area is 214 Å². The van der Waals surface area contributed by atoms with Crippen molar-refractivity contribution in [3.8, 4) is 11.1 Å². The molecule has 3 rings (SSSR count). The van der Waals surface area contributed by atoms with Crippen molar-refractivity contribution in [3.63, 3.8) is 0 Å². The van der Waals surface area contributed by atoms with Crippen LogP contribution >= 0.6 is 24.0 Å². The van der Waals surface area contributed by atoms with E-state index in [2.05, 4.69) is 87.6 Å². The number of nitrogens with one attached hydrogen (secondary N) is 2. The van der Waals surface area contributed by atoms with Crippen LogP contribution in [0.15, 0.2) is 72.2 Å². The van der Waals surface area contributed by atoms with Gasteiger partial charge in [-0.25, -0.2) is 4.98 Å². The highest BCUT2D eigenvalue weighted by Gasteiger charge is 2.06. The predicted octanol–water partition coefficient (Wildman–Crippen LogP) is 4.94. The van der Waals surface area contributed by atoms with Gasteiger partial charge >= 0.3 is 0 Å². The first-order valence-corrected chi connectivity index (χ1v) is 11.3. The maximum Gasteiger partial charge on any atom is 0.191 e. The smallest absolute Gasteiger partial charge is 0.191 e. The molecule has 3 aromatic rings. The average Bonchev–Trinajstić information content (AvgIpc) is 3.32. The standard InChI is InChI=1S/C26H35N5O.HI/c1-21(2)19-32-16-6-13-29-26(27-3)30-17-24-7-4-5-8-25(24)23-11-9-22(10-12-23)18-31-15-14-28-20-31;/h4-5,7-12,14-15,20-21H,6,13,16-19H2,1-3H3,(H2,27,29,30);1H. The number of benzene rings is 2. The minimum Gasteiger partial charge on any atom is -0.381 e. The Morgan fingerprint density at radius 2 is 1.88 bits per heavy atom. The van der Waals surface area contributed by atoms with Crippen LogP contribution in [0.4, 0.5) is 0 Å². The van der Waals surface area contributed by atoms with Gasteiger partial charge in [-0.1, -0.05) is 62.4 Å². The van der Waals surface area contributed by atoms with Crippen molar-refractivity contribution >= 4 is 29.9 Å². The van der Waals surface area contributed by atoms with Gasteiger partial charge in [0.25, 0.3) is 0 Å². The normalized spacial score (nSPS) is 11.3. The number of halogens is 1. The molecular weight excluding hydrogens is 525 g/mol. The second-order valence-corrected chi connectivity index (χ2v) is 8.26. The van der Waals surface area contributed by atoms with Gasteiger partial charge in [0.05, 0.1) is 6.33 Å². The van der Waals surface area contributed by atoms with Crippen molar-refractivity contribution in [2.45, 2.75) is 33.4 Å². The monoisotopic (exact) mass is 561 g/mol. The van der Waals surface area contributed by atoms with Gasteiger partial charge in [-0.15, -0.1) is 24.0 Å². The summed E-state index contributed by atoms with van der Waals surface area (Å²) >= 11 is 0. The molecule has 0 atom stereocenters. The fourth-order valence-corrected chi connectivity index (χ4v) is 3.44. The van der Waals surface area contributed by atoms with Crippen LogP contribution in [-0.4, -0.2) is 42.3 Å². The van der Waals surface area contributed by atoms with Gasteiger partial charge in [0.15, 0.2) is 5.96 Å². The third-order valence-corrected chi connectivity index (χ3v) is 5.09. The van der Waals surface area contributed by atoms with Gasteiger partial charge in [-0.3, -0.25) is 4.99 Å². The number of rotatable bonds is 11. The van der Waals surface area contributed by atoms with E-state index in [4.69, 9.17) is 4.74 Å². The lowest BCUT2D eigenvalue weighted by molar-refractivity contribution is 0.108. The van der Waals surface area contributed by atoms with Crippen molar-refractivity contribution < 1.29 is 4.74 Å². The molecule has 0 unspecified atom stereocenters. The first-order valence-electron chi connectivity index (χ1n) is 11.3. The van der Waals surface area contributed by atoms with Gasteiger partial charge < -0.3 is 19.9 Å². The average molecular weight is 562 g/mol. The van der Waals surface area contributed by atoms with Crippen molar-refractivity contribution in [2.75, 3.05) is 26.8 Å². The minimum atomic E-state index is 0. The lowest BCUT2D eigenvalue weighted by Gasteiger charge is -2.15. The molecule has 2 N–H and O–H groups in total. The Balaban J connectivity index is 0.00000385. The summed E-state index contributed by atoms with van der Waals surface area (Å²) in [4.78, 5) is 8.45. The number of guanidine groups is 1. The van der Waals surface area contributed by atoms with E-state index in [1.54, 1.807) is 13.2 Å². The largest absolute Gasteiger partial charge is 0.381 e. The first-order chi connectivity index (χ1) is 15.7. The van der Waals surface area contributed by atoms with Crippen molar-refractivity contribution in [1.29, 1.82) is 0 Å². The lowest BCUT2D eigenvalue weighted by Crippen LogP contribution is -2.37. The zero-order valence-corrected chi connectivity index (χ0v) is 22.2. The van der Waals surface area contributed by atoms with Crippen LogP contribution in [0.3, 0.4) is 0 Å². The van der Waals surface area contributed by atoms with Crippen molar-refractivity contribution in [1.82, 2.24) is 20.2 Å². The summed E-state index contributed by atoms with van der Waals surface area (Å²) in [6, 6.07) is 17.2. The number of aromatic nitrogens is 2. The SMILES string of the molecule is CN=C(NCCCOCC(C)C)NCc1ccccc1-c1ccc(Cn2ccnc2)cc1.I. The highest BCUT2D eigenvalue weighted by Crippen LogP contribution is 2.24. The number of aliphatic imine (C=N–C) groups is 1. The van der Waals surface area contributed by atoms with E-state index in [1.165, 1.54) is 22.3 Å². The molecule has 0 fully saturated rings. The quantitative estimate of drug-likeness (QED) is 0.151. The summed E-state index contributed by atoms with van der Waals surface area (Å²) in [5, 5.41) is 6.80. The maximum atomic E-state index is 5.64. The summed E-state index contributed by atoms with van der Waals surface area (Å²) < 4.78 is 7.71. The van der Waals surface area contributed by atoms with E-state index < -0.39 is 0 Å². The number of nitrogens with zero attached hydrogens (tertiary/aromatic N) is 3. The zero-order chi connectivity index (χ0) is 22.6. The van der Waals surface area contributed by atoms with E-state index in [0.717, 1.165) is 38.7 Å². The minimum absolute atomic E-state index is 0. The Kier molecular flexibility index (Phi) is 12.0. The molecule has 0 spiro atoms. The van der Waals surface area contributed by atoms with Crippen LogP contribution in [0.25, 0.3) is 11.1 Å². The molecule has 0 aliphatic carbocycles.